The van der Waals surface area contributed by atoms with Gasteiger partial charge in [-0.15, -0.1) is 12.4 Å². The molecule has 0 radical (unpaired) electrons. The number of alkyl halides is 5. The molecule has 1 heterocycles. The maximum absolute atomic E-state index is 13.2. The van der Waals surface area contributed by atoms with Crippen molar-refractivity contribution < 1.29 is 31.5 Å². The molecular weight excluding hydrogens is 385 g/mol. The normalized spacial score (nSPS) is 16.7. The lowest BCUT2D eigenvalue weighted by atomic mass is 10.1. The number of hydrogen-bond acceptors (Lipinski definition) is 4. The number of amides is 1. The van der Waals surface area contributed by atoms with Crippen LogP contribution in [0.15, 0.2) is 24.3 Å². The van der Waals surface area contributed by atoms with Crippen molar-refractivity contribution >= 4 is 18.3 Å². The van der Waals surface area contributed by atoms with E-state index in [1.165, 1.54) is 17.0 Å². The van der Waals surface area contributed by atoms with Crippen molar-refractivity contribution in [2.75, 3.05) is 32.7 Å². The number of nitrogens with one attached hydrogen (secondary N) is 2. The molecule has 11 heteroatoms. The Morgan fingerprint density at radius 2 is 1.77 bits per heavy atom. The van der Waals surface area contributed by atoms with E-state index < -0.39 is 31.3 Å². The standard InChI is InChI=1S/C15H18F5N3O2.ClH/c16-14(17)25-11-3-1-10(2-4-11)13(24)22-9-12(15(18,19)20)23-7-5-21-6-8-23;/h1-4,12,14,21H,5-9H2,(H,22,24);1H. The summed E-state index contributed by atoms with van der Waals surface area (Å²) in [5.74, 6) is -0.853. The van der Waals surface area contributed by atoms with Gasteiger partial charge in [-0.3, -0.25) is 9.69 Å². The molecule has 1 saturated heterocycles. The molecule has 148 valence electrons. The summed E-state index contributed by atoms with van der Waals surface area (Å²) in [6.45, 7) is -2.21. The second kappa shape index (κ2) is 9.89. The van der Waals surface area contributed by atoms with Crippen LogP contribution in [0.25, 0.3) is 0 Å². The minimum atomic E-state index is -4.47. The molecule has 1 unspecified atom stereocenters. The first-order chi connectivity index (χ1) is 11.8. The molecule has 2 rings (SSSR count). The molecule has 1 aromatic rings. The Hall–Kier alpha value is -1.65. The number of rotatable bonds is 6. The second-order valence-corrected chi connectivity index (χ2v) is 5.46. The predicted molar refractivity (Wildman–Crippen MR) is 86.9 cm³/mol. The van der Waals surface area contributed by atoms with Crippen molar-refractivity contribution in [3.63, 3.8) is 0 Å². The molecule has 2 N–H and O–H groups in total. The highest BCUT2D eigenvalue weighted by atomic mass is 35.5. The van der Waals surface area contributed by atoms with Gasteiger partial charge in [0, 0.05) is 38.3 Å². The first kappa shape index (κ1) is 22.4. The zero-order chi connectivity index (χ0) is 18.4. The maximum Gasteiger partial charge on any atom is 0.405 e. The fraction of sp³-hybridized carbons (Fsp3) is 0.533. The number of hydrogen-bond donors (Lipinski definition) is 2. The lowest BCUT2D eigenvalue weighted by molar-refractivity contribution is -0.183. The second-order valence-electron chi connectivity index (χ2n) is 5.46. The van der Waals surface area contributed by atoms with Crippen LogP contribution in [-0.2, 0) is 0 Å². The van der Waals surface area contributed by atoms with E-state index in [-0.39, 0.29) is 36.8 Å². The number of halogens is 6. The van der Waals surface area contributed by atoms with Crippen LogP contribution in [0.3, 0.4) is 0 Å². The zero-order valence-corrected chi connectivity index (χ0v) is 14.4. The summed E-state index contributed by atoms with van der Waals surface area (Å²) < 4.78 is 68.0. The Bertz CT molecular complexity index is 565. The first-order valence-corrected chi connectivity index (χ1v) is 7.62. The molecule has 0 bridgehead atoms. The molecule has 1 aliphatic rings. The minimum absolute atomic E-state index is 0. The van der Waals surface area contributed by atoms with Gasteiger partial charge in [-0.25, -0.2) is 0 Å². The topological polar surface area (TPSA) is 53.6 Å². The number of benzene rings is 1. The molecule has 1 atom stereocenters. The highest BCUT2D eigenvalue weighted by Gasteiger charge is 2.43. The summed E-state index contributed by atoms with van der Waals surface area (Å²) >= 11 is 0. The summed E-state index contributed by atoms with van der Waals surface area (Å²) in [4.78, 5) is 13.3. The summed E-state index contributed by atoms with van der Waals surface area (Å²) in [6, 6.07) is 2.94. The summed E-state index contributed by atoms with van der Waals surface area (Å²) in [5.41, 5.74) is 0.0582. The van der Waals surface area contributed by atoms with Gasteiger partial charge >= 0.3 is 12.8 Å². The first-order valence-electron chi connectivity index (χ1n) is 7.62. The number of carbonyl (C=O) groups excluding carboxylic acids is 1. The van der Waals surface area contributed by atoms with Crippen LogP contribution >= 0.6 is 12.4 Å². The van der Waals surface area contributed by atoms with Crippen LogP contribution in [-0.4, -0.2) is 62.4 Å². The van der Waals surface area contributed by atoms with E-state index in [1.807, 2.05) is 0 Å². The van der Waals surface area contributed by atoms with E-state index in [1.54, 1.807) is 0 Å². The molecule has 1 aromatic carbocycles. The van der Waals surface area contributed by atoms with Crippen molar-refractivity contribution in [3.8, 4) is 5.75 Å². The summed E-state index contributed by atoms with van der Waals surface area (Å²) in [5, 5.41) is 5.22. The third kappa shape index (κ3) is 6.58. The molecule has 1 amide bonds. The highest BCUT2D eigenvalue weighted by molar-refractivity contribution is 5.94. The van der Waals surface area contributed by atoms with Crippen LogP contribution < -0.4 is 15.4 Å². The number of ether oxygens (including phenoxy) is 1. The van der Waals surface area contributed by atoms with E-state index >= 15 is 0 Å². The van der Waals surface area contributed by atoms with Crippen molar-refractivity contribution in [1.82, 2.24) is 15.5 Å². The molecule has 1 fully saturated rings. The van der Waals surface area contributed by atoms with Gasteiger partial charge in [0.1, 0.15) is 11.8 Å². The van der Waals surface area contributed by atoms with Gasteiger partial charge in [-0.2, -0.15) is 22.0 Å². The van der Waals surface area contributed by atoms with Crippen LogP contribution in [0.2, 0.25) is 0 Å². The third-order valence-electron chi connectivity index (χ3n) is 3.77. The molecule has 0 aromatic heterocycles. The lowest BCUT2D eigenvalue weighted by Crippen LogP contribution is -2.57. The molecular formula is C15H19ClF5N3O2. The summed E-state index contributed by atoms with van der Waals surface area (Å²) in [7, 11) is 0. The molecule has 0 aliphatic carbocycles. The SMILES string of the molecule is Cl.O=C(NCC(N1CCNCC1)C(F)(F)F)c1ccc(OC(F)F)cc1. The molecule has 1 aliphatic heterocycles. The fourth-order valence-corrected chi connectivity index (χ4v) is 2.52. The number of piperazine rings is 1. The van der Waals surface area contributed by atoms with Gasteiger partial charge in [-0.1, -0.05) is 0 Å². The van der Waals surface area contributed by atoms with Crippen molar-refractivity contribution in [3.05, 3.63) is 29.8 Å². The van der Waals surface area contributed by atoms with Crippen molar-refractivity contribution in [2.24, 2.45) is 0 Å². The number of nitrogens with zero attached hydrogens (tertiary/aromatic N) is 1. The number of carbonyl (C=O) groups is 1. The van der Waals surface area contributed by atoms with Crippen LogP contribution in [0, 0.1) is 0 Å². The van der Waals surface area contributed by atoms with Gasteiger partial charge in [0.2, 0.25) is 0 Å². The Kier molecular flexibility index (Phi) is 8.51. The summed E-state index contributed by atoms with van der Waals surface area (Å²) in [6.07, 6.45) is -4.47. The van der Waals surface area contributed by atoms with Crippen molar-refractivity contribution in [2.45, 2.75) is 18.8 Å². The highest BCUT2D eigenvalue weighted by Crippen LogP contribution is 2.25. The van der Waals surface area contributed by atoms with Crippen LogP contribution in [0.1, 0.15) is 10.4 Å². The Balaban J connectivity index is 0.00000338. The zero-order valence-electron chi connectivity index (χ0n) is 13.6. The van der Waals surface area contributed by atoms with E-state index in [0.717, 1.165) is 12.1 Å². The fourth-order valence-electron chi connectivity index (χ4n) is 2.52. The monoisotopic (exact) mass is 403 g/mol. The molecule has 26 heavy (non-hydrogen) atoms. The van der Waals surface area contributed by atoms with Gasteiger partial charge in [0.15, 0.2) is 0 Å². The average Bonchev–Trinajstić information content (AvgIpc) is 2.54. The largest absolute Gasteiger partial charge is 0.435 e. The van der Waals surface area contributed by atoms with E-state index in [9.17, 15) is 26.7 Å². The van der Waals surface area contributed by atoms with Crippen LogP contribution in [0.5, 0.6) is 5.75 Å². The Labute approximate surface area is 153 Å². The average molecular weight is 404 g/mol. The Morgan fingerprint density at radius 3 is 2.27 bits per heavy atom. The van der Waals surface area contributed by atoms with Gasteiger partial charge in [0.25, 0.3) is 5.91 Å². The third-order valence-corrected chi connectivity index (χ3v) is 3.77. The van der Waals surface area contributed by atoms with Gasteiger partial charge in [-0.05, 0) is 24.3 Å². The predicted octanol–water partition coefficient (Wildman–Crippen LogP) is 2.28. The molecule has 0 saturated carbocycles. The smallest absolute Gasteiger partial charge is 0.405 e. The quantitative estimate of drug-likeness (QED) is 0.716. The van der Waals surface area contributed by atoms with Gasteiger partial charge < -0.3 is 15.4 Å². The van der Waals surface area contributed by atoms with E-state index in [2.05, 4.69) is 15.4 Å². The lowest BCUT2D eigenvalue weighted by Gasteiger charge is -2.35. The van der Waals surface area contributed by atoms with Crippen LogP contribution in [0.4, 0.5) is 22.0 Å². The Morgan fingerprint density at radius 1 is 1.19 bits per heavy atom. The van der Waals surface area contributed by atoms with E-state index in [4.69, 9.17) is 0 Å². The molecule has 0 spiro atoms. The maximum atomic E-state index is 13.2. The van der Waals surface area contributed by atoms with E-state index in [0.29, 0.717) is 13.1 Å². The minimum Gasteiger partial charge on any atom is -0.435 e. The van der Waals surface area contributed by atoms with Crippen molar-refractivity contribution in [1.29, 1.82) is 0 Å². The molecule has 5 nitrogen and oxygen atoms in total. The van der Waals surface area contributed by atoms with Gasteiger partial charge in [0.05, 0.1) is 0 Å².